The van der Waals surface area contributed by atoms with Gasteiger partial charge in [0.15, 0.2) is 5.78 Å². The summed E-state index contributed by atoms with van der Waals surface area (Å²) in [6.45, 7) is 3.14. The Morgan fingerprint density at radius 3 is 2.35 bits per heavy atom. The molecule has 1 heterocycles. The van der Waals surface area contributed by atoms with Gasteiger partial charge in [-0.1, -0.05) is 0 Å². The number of carbonyl (C=O) groups excluding carboxylic acids is 1. The van der Waals surface area contributed by atoms with Crippen LogP contribution < -0.4 is 0 Å². The molecule has 0 fully saturated rings. The van der Waals surface area contributed by atoms with Crippen molar-refractivity contribution in [2.45, 2.75) is 13.8 Å². The Balaban J connectivity index is 2.91. The summed E-state index contributed by atoms with van der Waals surface area (Å²) in [6.07, 6.45) is 0. The number of carbonyl (C=O) groups is 1. The summed E-state index contributed by atoms with van der Waals surface area (Å²) in [4.78, 5) is 11.5. The van der Waals surface area contributed by atoms with Crippen molar-refractivity contribution in [1.82, 2.24) is 0 Å². The van der Waals surface area contributed by atoms with Gasteiger partial charge in [-0.2, -0.15) is 10.5 Å². The molecule has 0 bridgehead atoms. The van der Waals surface area contributed by atoms with Crippen LogP contribution in [-0.4, -0.2) is 5.78 Å². The van der Waals surface area contributed by atoms with Gasteiger partial charge in [0, 0.05) is 11.5 Å². The molecule has 0 aliphatic carbocycles. The van der Waals surface area contributed by atoms with Crippen molar-refractivity contribution < 1.29 is 9.21 Å². The van der Waals surface area contributed by atoms with Gasteiger partial charge in [0.05, 0.1) is 16.7 Å². The molecule has 0 spiro atoms. The van der Waals surface area contributed by atoms with Gasteiger partial charge in [0.2, 0.25) is 0 Å². The molecule has 0 saturated heterocycles. The minimum atomic E-state index is -0.116. The summed E-state index contributed by atoms with van der Waals surface area (Å²) in [6, 6.07) is 6.89. The van der Waals surface area contributed by atoms with Crippen LogP contribution in [0.25, 0.3) is 11.0 Å². The lowest BCUT2D eigenvalue weighted by atomic mass is 10.0. The summed E-state index contributed by atoms with van der Waals surface area (Å²) in [7, 11) is 0. The first-order chi connectivity index (χ1) is 8.08. The fourth-order valence-corrected chi connectivity index (χ4v) is 1.89. The van der Waals surface area contributed by atoms with Gasteiger partial charge in [-0.05, 0) is 19.9 Å². The highest BCUT2D eigenvalue weighted by atomic mass is 16.3. The topological polar surface area (TPSA) is 77.8 Å². The third kappa shape index (κ3) is 1.56. The lowest BCUT2D eigenvalue weighted by Gasteiger charge is -1.95. The number of hydrogen-bond donors (Lipinski definition) is 0. The van der Waals surface area contributed by atoms with Crippen molar-refractivity contribution in [3.63, 3.8) is 0 Å². The summed E-state index contributed by atoms with van der Waals surface area (Å²) >= 11 is 0. The fraction of sp³-hybridized carbons (Fsp3) is 0.154. The first kappa shape index (κ1) is 10.9. The number of aryl methyl sites for hydroxylation is 1. The zero-order valence-electron chi connectivity index (χ0n) is 9.37. The van der Waals surface area contributed by atoms with Crippen LogP contribution in [0.15, 0.2) is 16.5 Å². The molecule has 0 atom stereocenters. The lowest BCUT2D eigenvalue weighted by molar-refractivity contribution is 0.101. The molecule has 2 rings (SSSR count). The highest BCUT2D eigenvalue weighted by molar-refractivity contribution is 6.07. The number of benzene rings is 1. The molecule has 4 heteroatoms. The summed E-state index contributed by atoms with van der Waals surface area (Å²) in [5, 5.41) is 18.4. The molecule has 0 N–H and O–H groups in total. The fourth-order valence-electron chi connectivity index (χ4n) is 1.89. The van der Waals surface area contributed by atoms with E-state index in [9.17, 15) is 4.79 Å². The summed E-state index contributed by atoms with van der Waals surface area (Å²) in [5.74, 6) is 0.390. The number of rotatable bonds is 1. The average Bonchev–Trinajstić information content (AvgIpc) is 2.61. The largest absolute Gasteiger partial charge is 0.461 e. The van der Waals surface area contributed by atoms with Crippen LogP contribution in [0.4, 0.5) is 0 Å². The highest BCUT2D eigenvalue weighted by Crippen LogP contribution is 2.28. The van der Waals surface area contributed by atoms with Crippen molar-refractivity contribution in [2.24, 2.45) is 0 Å². The molecule has 0 amide bonds. The number of Topliss-reactive ketones (excluding diaryl/α,β-unsaturated/α-hetero) is 1. The number of hydrogen-bond acceptors (Lipinski definition) is 4. The second-order valence-corrected chi connectivity index (χ2v) is 3.71. The Labute approximate surface area is 97.7 Å². The molecule has 2 aromatic rings. The zero-order chi connectivity index (χ0) is 12.6. The van der Waals surface area contributed by atoms with Crippen molar-refractivity contribution in [1.29, 1.82) is 10.5 Å². The van der Waals surface area contributed by atoms with Gasteiger partial charge >= 0.3 is 0 Å². The number of nitriles is 2. The van der Waals surface area contributed by atoms with Gasteiger partial charge in [0.25, 0.3) is 0 Å². The van der Waals surface area contributed by atoms with Crippen molar-refractivity contribution in [2.75, 3.05) is 0 Å². The Kier molecular flexibility index (Phi) is 2.42. The number of ketones is 1. The van der Waals surface area contributed by atoms with Crippen LogP contribution in [0, 0.1) is 29.6 Å². The molecule has 82 valence electrons. The maximum Gasteiger partial charge on any atom is 0.163 e. The molecule has 17 heavy (non-hydrogen) atoms. The smallest absolute Gasteiger partial charge is 0.163 e. The predicted molar refractivity (Wildman–Crippen MR) is 60.4 cm³/mol. The third-order valence-corrected chi connectivity index (χ3v) is 2.60. The van der Waals surface area contributed by atoms with Crippen LogP contribution in [0.1, 0.15) is 34.2 Å². The SMILES string of the molecule is CC(=O)c1c(C)oc2cc(C#N)c(C#N)cc12. The van der Waals surface area contributed by atoms with E-state index in [1.54, 1.807) is 6.92 Å². The van der Waals surface area contributed by atoms with E-state index >= 15 is 0 Å². The first-order valence-corrected chi connectivity index (χ1v) is 4.96. The zero-order valence-corrected chi connectivity index (χ0v) is 9.37. The van der Waals surface area contributed by atoms with Crippen LogP contribution in [0.3, 0.4) is 0 Å². The Morgan fingerprint density at radius 2 is 1.82 bits per heavy atom. The van der Waals surface area contributed by atoms with Crippen molar-refractivity contribution >= 4 is 16.8 Å². The minimum Gasteiger partial charge on any atom is -0.461 e. The van der Waals surface area contributed by atoms with Crippen molar-refractivity contribution in [3.8, 4) is 12.1 Å². The monoisotopic (exact) mass is 224 g/mol. The molecule has 0 radical (unpaired) electrons. The van der Waals surface area contributed by atoms with Crippen LogP contribution in [0.2, 0.25) is 0 Å². The predicted octanol–water partition coefficient (Wildman–Crippen LogP) is 2.69. The number of fused-ring (bicyclic) bond motifs is 1. The number of furan rings is 1. The quantitative estimate of drug-likeness (QED) is 0.697. The second-order valence-electron chi connectivity index (χ2n) is 3.71. The normalized spacial score (nSPS) is 9.88. The molecule has 0 aliphatic rings. The molecule has 1 aromatic carbocycles. The van der Waals surface area contributed by atoms with E-state index in [2.05, 4.69) is 0 Å². The average molecular weight is 224 g/mol. The third-order valence-electron chi connectivity index (χ3n) is 2.60. The van der Waals surface area contributed by atoms with Crippen molar-refractivity contribution in [3.05, 3.63) is 34.6 Å². The lowest BCUT2D eigenvalue weighted by Crippen LogP contribution is -1.93. The second kappa shape index (κ2) is 3.77. The molecule has 0 aliphatic heterocycles. The van der Waals surface area contributed by atoms with Gasteiger partial charge in [0.1, 0.15) is 23.5 Å². The molecule has 0 saturated carbocycles. The van der Waals surface area contributed by atoms with Crippen LogP contribution >= 0.6 is 0 Å². The maximum absolute atomic E-state index is 11.5. The highest BCUT2D eigenvalue weighted by Gasteiger charge is 2.17. The summed E-state index contributed by atoms with van der Waals surface area (Å²) in [5.41, 5.74) is 1.44. The van der Waals surface area contributed by atoms with Crippen LogP contribution in [-0.2, 0) is 0 Å². The van der Waals surface area contributed by atoms with Crippen LogP contribution in [0.5, 0.6) is 0 Å². The maximum atomic E-state index is 11.5. The first-order valence-electron chi connectivity index (χ1n) is 4.96. The Morgan fingerprint density at radius 1 is 1.24 bits per heavy atom. The van der Waals surface area contributed by atoms with E-state index < -0.39 is 0 Å². The number of nitrogens with zero attached hydrogens (tertiary/aromatic N) is 2. The van der Waals surface area contributed by atoms with Gasteiger partial charge < -0.3 is 4.42 Å². The standard InChI is InChI=1S/C13H8N2O2/c1-7(16)13-8(2)17-12-4-10(6-15)9(5-14)3-11(12)13/h3-4H,1-2H3. The molecule has 4 nitrogen and oxygen atoms in total. The van der Waals surface area contributed by atoms with Gasteiger partial charge in [-0.25, -0.2) is 0 Å². The van der Waals surface area contributed by atoms with E-state index in [0.29, 0.717) is 22.3 Å². The van der Waals surface area contributed by atoms with E-state index in [1.807, 2.05) is 12.1 Å². The van der Waals surface area contributed by atoms with Gasteiger partial charge in [-0.15, -0.1) is 0 Å². The van der Waals surface area contributed by atoms with Gasteiger partial charge in [-0.3, -0.25) is 4.79 Å². The van der Waals surface area contributed by atoms with E-state index in [-0.39, 0.29) is 16.9 Å². The Hall–Kier alpha value is -2.59. The summed E-state index contributed by atoms with van der Waals surface area (Å²) < 4.78 is 5.42. The van der Waals surface area contributed by atoms with E-state index in [4.69, 9.17) is 14.9 Å². The molecule has 1 aromatic heterocycles. The molecular formula is C13H8N2O2. The van der Waals surface area contributed by atoms with E-state index in [1.165, 1.54) is 19.1 Å². The Bertz CT molecular complexity index is 712. The molecular weight excluding hydrogens is 216 g/mol. The molecule has 0 unspecified atom stereocenters. The van der Waals surface area contributed by atoms with E-state index in [0.717, 1.165) is 0 Å². The minimum absolute atomic E-state index is 0.116.